The van der Waals surface area contributed by atoms with Crippen molar-refractivity contribution in [2.75, 3.05) is 0 Å². The van der Waals surface area contributed by atoms with E-state index < -0.39 is 5.97 Å². The van der Waals surface area contributed by atoms with E-state index in [-0.39, 0.29) is 17.4 Å². The van der Waals surface area contributed by atoms with Gasteiger partial charge in [-0.15, -0.1) is 5.10 Å². The van der Waals surface area contributed by atoms with Gasteiger partial charge in [-0.25, -0.2) is 9.89 Å². The molecule has 0 bridgehead atoms. The summed E-state index contributed by atoms with van der Waals surface area (Å²) in [7, 11) is 0. The number of aliphatic carboxylic acids is 1. The summed E-state index contributed by atoms with van der Waals surface area (Å²) in [6.07, 6.45) is 1.64. The van der Waals surface area contributed by atoms with Crippen LogP contribution in [0.2, 0.25) is 0 Å². The van der Waals surface area contributed by atoms with Gasteiger partial charge in [0.25, 0.3) is 0 Å². The topological polar surface area (TPSA) is 88.0 Å². The van der Waals surface area contributed by atoms with Crippen molar-refractivity contribution < 1.29 is 9.90 Å². The van der Waals surface area contributed by atoms with E-state index in [2.05, 4.69) is 10.2 Å². The Morgan fingerprint density at radius 2 is 2.29 bits per heavy atom. The number of H-pyrrole nitrogens is 1. The molecule has 0 saturated carbocycles. The third kappa shape index (κ3) is 3.92. The van der Waals surface area contributed by atoms with Crippen LogP contribution in [0.25, 0.3) is 0 Å². The van der Waals surface area contributed by atoms with Gasteiger partial charge in [0.15, 0.2) is 5.16 Å². The minimum Gasteiger partial charge on any atom is -0.481 e. The SMILES string of the molecule is CCCn1c(SC(CC)CC(=O)O)n[nH]c1=O. The third-order valence-corrected chi connectivity index (χ3v) is 3.66. The van der Waals surface area contributed by atoms with E-state index in [1.807, 2.05) is 13.8 Å². The first-order valence-corrected chi connectivity index (χ1v) is 6.50. The van der Waals surface area contributed by atoms with Crippen LogP contribution in [0.3, 0.4) is 0 Å². The highest BCUT2D eigenvalue weighted by Gasteiger charge is 2.17. The predicted molar refractivity (Wildman–Crippen MR) is 65.3 cm³/mol. The van der Waals surface area contributed by atoms with Gasteiger partial charge in [-0.05, 0) is 12.8 Å². The van der Waals surface area contributed by atoms with Crippen molar-refractivity contribution >= 4 is 17.7 Å². The van der Waals surface area contributed by atoms with Crippen LogP contribution in [0.4, 0.5) is 0 Å². The molecule has 1 aromatic rings. The highest BCUT2D eigenvalue weighted by atomic mass is 32.2. The molecule has 1 aromatic heterocycles. The molecule has 0 aromatic carbocycles. The number of nitrogens with zero attached hydrogens (tertiary/aromatic N) is 2. The second kappa shape index (κ2) is 6.48. The van der Waals surface area contributed by atoms with Crippen molar-refractivity contribution in [1.82, 2.24) is 14.8 Å². The first kappa shape index (κ1) is 13.8. The minimum absolute atomic E-state index is 0.0571. The molecular weight excluding hydrogens is 242 g/mol. The smallest absolute Gasteiger partial charge is 0.343 e. The molecule has 0 aliphatic rings. The van der Waals surface area contributed by atoms with Crippen molar-refractivity contribution in [2.45, 2.75) is 50.1 Å². The summed E-state index contributed by atoms with van der Waals surface area (Å²) in [5, 5.41) is 15.6. The fourth-order valence-electron chi connectivity index (χ4n) is 1.43. The first-order chi connectivity index (χ1) is 8.08. The number of thioether (sulfide) groups is 1. The molecule has 96 valence electrons. The first-order valence-electron chi connectivity index (χ1n) is 5.62. The largest absolute Gasteiger partial charge is 0.481 e. The fourth-order valence-corrected chi connectivity index (χ4v) is 2.52. The van der Waals surface area contributed by atoms with Gasteiger partial charge >= 0.3 is 11.7 Å². The lowest BCUT2D eigenvalue weighted by Gasteiger charge is -2.11. The van der Waals surface area contributed by atoms with Crippen LogP contribution in [0.1, 0.15) is 33.1 Å². The van der Waals surface area contributed by atoms with Gasteiger partial charge in [-0.3, -0.25) is 9.36 Å². The zero-order valence-corrected chi connectivity index (χ0v) is 10.8. The quantitative estimate of drug-likeness (QED) is 0.721. The van der Waals surface area contributed by atoms with E-state index in [9.17, 15) is 9.59 Å². The molecule has 1 atom stereocenters. The Morgan fingerprint density at radius 3 is 2.82 bits per heavy atom. The van der Waals surface area contributed by atoms with Crippen molar-refractivity contribution in [3.63, 3.8) is 0 Å². The van der Waals surface area contributed by atoms with Crippen molar-refractivity contribution in [3.05, 3.63) is 10.5 Å². The number of carbonyl (C=O) groups is 1. The van der Waals surface area contributed by atoms with E-state index in [0.717, 1.165) is 12.8 Å². The summed E-state index contributed by atoms with van der Waals surface area (Å²) in [5.41, 5.74) is -0.237. The van der Waals surface area contributed by atoms with Gasteiger partial charge in [-0.2, -0.15) is 0 Å². The molecule has 6 nitrogen and oxygen atoms in total. The number of aromatic nitrogens is 3. The zero-order chi connectivity index (χ0) is 12.8. The normalized spacial score (nSPS) is 12.6. The Hall–Kier alpha value is -1.24. The van der Waals surface area contributed by atoms with Gasteiger partial charge in [0.1, 0.15) is 0 Å². The van der Waals surface area contributed by atoms with Crippen molar-refractivity contribution in [3.8, 4) is 0 Å². The molecule has 0 saturated heterocycles. The van der Waals surface area contributed by atoms with Gasteiger partial charge in [0.2, 0.25) is 0 Å². The summed E-state index contributed by atoms with van der Waals surface area (Å²) in [6.45, 7) is 4.50. The summed E-state index contributed by atoms with van der Waals surface area (Å²) < 4.78 is 1.55. The number of carboxylic acid groups (broad SMARTS) is 1. The summed E-state index contributed by atoms with van der Waals surface area (Å²) in [6, 6.07) is 0. The number of hydrogen-bond acceptors (Lipinski definition) is 4. The number of hydrogen-bond donors (Lipinski definition) is 2. The minimum atomic E-state index is -0.829. The Kier molecular flexibility index (Phi) is 5.27. The summed E-state index contributed by atoms with van der Waals surface area (Å²) in [5.74, 6) is -0.829. The number of aromatic amines is 1. The summed E-state index contributed by atoms with van der Waals surface area (Å²) >= 11 is 1.34. The number of rotatable bonds is 7. The molecular formula is C10H17N3O3S. The number of nitrogens with one attached hydrogen (secondary N) is 1. The van der Waals surface area contributed by atoms with Gasteiger partial charge in [0.05, 0.1) is 6.42 Å². The molecule has 0 fully saturated rings. The molecule has 0 aliphatic heterocycles. The maximum atomic E-state index is 11.4. The van der Waals surface area contributed by atoms with Gasteiger partial charge in [0, 0.05) is 11.8 Å². The zero-order valence-electron chi connectivity index (χ0n) is 9.97. The lowest BCUT2D eigenvalue weighted by Crippen LogP contribution is -2.18. The molecule has 17 heavy (non-hydrogen) atoms. The van der Waals surface area contributed by atoms with E-state index >= 15 is 0 Å². The molecule has 2 N–H and O–H groups in total. The fraction of sp³-hybridized carbons (Fsp3) is 0.700. The van der Waals surface area contributed by atoms with Crippen LogP contribution in [-0.4, -0.2) is 31.1 Å². The molecule has 1 heterocycles. The van der Waals surface area contributed by atoms with Crippen molar-refractivity contribution in [1.29, 1.82) is 0 Å². The van der Waals surface area contributed by atoms with Crippen LogP contribution < -0.4 is 5.69 Å². The predicted octanol–water partition coefficient (Wildman–Crippen LogP) is 1.33. The Labute approximate surface area is 103 Å². The van der Waals surface area contributed by atoms with Crippen LogP contribution in [0.5, 0.6) is 0 Å². The van der Waals surface area contributed by atoms with Gasteiger partial charge in [-0.1, -0.05) is 25.6 Å². The summed E-state index contributed by atoms with van der Waals surface area (Å²) in [4.78, 5) is 22.1. The Bertz CT molecular complexity index is 427. The Morgan fingerprint density at radius 1 is 1.59 bits per heavy atom. The van der Waals surface area contributed by atoms with E-state index in [4.69, 9.17) is 5.11 Å². The maximum absolute atomic E-state index is 11.4. The second-order valence-electron chi connectivity index (χ2n) is 3.71. The van der Waals surface area contributed by atoms with E-state index in [0.29, 0.717) is 11.7 Å². The number of carboxylic acids is 1. The molecule has 7 heteroatoms. The molecule has 0 radical (unpaired) electrons. The van der Waals surface area contributed by atoms with Crippen LogP contribution in [0.15, 0.2) is 9.95 Å². The Balaban J connectivity index is 2.78. The van der Waals surface area contributed by atoms with E-state index in [1.165, 1.54) is 11.8 Å². The lowest BCUT2D eigenvalue weighted by molar-refractivity contribution is -0.136. The van der Waals surface area contributed by atoms with E-state index in [1.54, 1.807) is 4.57 Å². The molecule has 1 rings (SSSR count). The monoisotopic (exact) mass is 259 g/mol. The highest BCUT2D eigenvalue weighted by molar-refractivity contribution is 7.99. The van der Waals surface area contributed by atoms with Crippen LogP contribution >= 0.6 is 11.8 Å². The average Bonchev–Trinajstić information content (AvgIpc) is 2.60. The average molecular weight is 259 g/mol. The van der Waals surface area contributed by atoms with Crippen LogP contribution in [0, 0.1) is 0 Å². The lowest BCUT2D eigenvalue weighted by atomic mass is 10.2. The standard InChI is InChI=1S/C10H17N3O3S/c1-3-5-13-9(16)11-12-10(13)17-7(4-2)6-8(14)15/h7H,3-6H2,1-2H3,(H,11,16)(H,14,15). The third-order valence-electron chi connectivity index (χ3n) is 2.30. The van der Waals surface area contributed by atoms with Crippen LogP contribution in [-0.2, 0) is 11.3 Å². The second-order valence-corrected chi connectivity index (χ2v) is 4.98. The molecule has 1 unspecified atom stereocenters. The highest BCUT2D eigenvalue weighted by Crippen LogP contribution is 2.25. The maximum Gasteiger partial charge on any atom is 0.343 e. The molecule has 0 amide bonds. The van der Waals surface area contributed by atoms with Crippen molar-refractivity contribution in [2.24, 2.45) is 0 Å². The molecule has 0 aliphatic carbocycles. The molecule has 0 spiro atoms. The van der Waals surface area contributed by atoms with Gasteiger partial charge < -0.3 is 5.11 Å².